The number of aldehydes is 1. The molecule has 0 aliphatic heterocycles. The number of imidazole rings is 1. The zero-order chi connectivity index (χ0) is 14.5. The minimum Gasteiger partial charge on any atom is -0.493 e. The van der Waals surface area contributed by atoms with Crippen LogP contribution < -0.4 is 9.47 Å². The molecule has 0 spiro atoms. The number of hydrogen-bond acceptors (Lipinski definition) is 4. The van der Waals surface area contributed by atoms with Gasteiger partial charge in [0, 0.05) is 30.0 Å². The van der Waals surface area contributed by atoms with Gasteiger partial charge in [-0.15, -0.1) is 0 Å². The Morgan fingerprint density at radius 2 is 2.25 bits per heavy atom. The fraction of sp³-hybridized carbons (Fsp3) is 0.286. The molecule has 0 amide bonds. The second-order valence-corrected chi connectivity index (χ2v) is 4.50. The molecular weight excluding hydrogens is 280 g/mol. The highest BCUT2D eigenvalue weighted by atomic mass is 35.5. The van der Waals surface area contributed by atoms with Gasteiger partial charge in [-0.05, 0) is 13.0 Å². The van der Waals surface area contributed by atoms with Crippen molar-refractivity contribution in [2.45, 2.75) is 20.1 Å². The first-order valence-corrected chi connectivity index (χ1v) is 6.53. The first-order valence-electron chi connectivity index (χ1n) is 6.15. The van der Waals surface area contributed by atoms with Gasteiger partial charge in [0.2, 0.25) is 0 Å². The molecule has 0 saturated carbocycles. The van der Waals surface area contributed by atoms with Crippen LogP contribution in [-0.2, 0) is 13.2 Å². The summed E-state index contributed by atoms with van der Waals surface area (Å²) in [6.07, 6.45) is 4.27. The van der Waals surface area contributed by atoms with Crippen LogP contribution in [0.3, 0.4) is 0 Å². The lowest BCUT2D eigenvalue weighted by molar-refractivity contribution is 0.111. The highest BCUT2D eigenvalue weighted by Crippen LogP contribution is 2.34. The van der Waals surface area contributed by atoms with E-state index in [-0.39, 0.29) is 6.61 Å². The average Bonchev–Trinajstić information content (AvgIpc) is 2.92. The third kappa shape index (κ3) is 2.93. The van der Waals surface area contributed by atoms with E-state index in [4.69, 9.17) is 21.1 Å². The Hall–Kier alpha value is -2.01. The average molecular weight is 295 g/mol. The standard InChI is InChI=1S/C14H15ClN2O3/c1-3-17-5-4-16-13(17)9-20-14-10(8-18)6-11(15)7-12(14)19-2/h4-8H,3,9H2,1-2H3. The summed E-state index contributed by atoms with van der Waals surface area (Å²) in [5.41, 5.74) is 0.351. The van der Waals surface area contributed by atoms with E-state index in [2.05, 4.69) is 4.98 Å². The number of aryl methyl sites for hydroxylation is 1. The molecule has 2 rings (SSSR count). The van der Waals surface area contributed by atoms with Gasteiger partial charge in [0.15, 0.2) is 17.8 Å². The first-order chi connectivity index (χ1) is 9.69. The highest BCUT2D eigenvalue weighted by molar-refractivity contribution is 6.31. The van der Waals surface area contributed by atoms with Crippen LogP contribution in [0.2, 0.25) is 5.02 Å². The van der Waals surface area contributed by atoms with Crippen LogP contribution in [-0.4, -0.2) is 22.9 Å². The fourth-order valence-corrected chi connectivity index (χ4v) is 2.10. The number of ether oxygens (including phenoxy) is 2. The van der Waals surface area contributed by atoms with Crippen molar-refractivity contribution in [1.29, 1.82) is 0 Å². The molecular formula is C14H15ClN2O3. The maximum atomic E-state index is 11.1. The second kappa shape index (κ2) is 6.43. The lowest BCUT2D eigenvalue weighted by atomic mass is 10.2. The molecule has 1 aromatic carbocycles. The van der Waals surface area contributed by atoms with Crippen molar-refractivity contribution in [1.82, 2.24) is 9.55 Å². The molecule has 0 aliphatic rings. The van der Waals surface area contributed by atoms with E-state index in [0.29, 0.717) is 28.4 Å². The van der Waals surface area contributed by atoms with Crippen molar-refractivity contribution in [2.75, 3.05) is 7.11 Å². The number of rotatable bonds is 6. The number of hydrogen-bond donors (Lipinski definition) is 0. The third-order valence-corrected chi connectivity index (χ3v) is 3.10. The molecule has 2 aromatic rings. The van der Waals surface area contributed by atoms with Gasteiger partial charge in [0.1, 0.15) is 12.4 Å². The number of benzene rings is 1. The molecule has 1 aromatic heterocycles. The van der Waals surface area contributed by atoms with Crippen molar-refractivity contribution in [3.05, 3.63) is 40.9 Å². The number of carbonyl (C=O) groups is 1. The third-order valence-electron chi connectivity index (χ3n) is 2.88. The van der Waals surface area contributed by atoms with Crippen molar-refractivity contribution in [3.8, 4) is 11.5 Å². The van der Waals surface area contributed by atoms with E-state index >= 15 is 0 Å². The summed E-state index contributed by atoms with van der Waals surface area (Å²) < 4.78 is 12.9. The maximum Gasteiger partial charge on any atom is 0.172 e. The van der Waals surface area contributed by atoms with E-state index in [1.807, 2.05) is 17.7 Å². The molecule has 6 heteroatoms. The molecule has 0 bridgehead atoms. The van der Waals surface area contributed by atoms with E-state index in [1.165, 1.54) is 7.11 Å². The summed E-state index contributed by atoms with van der Waals surface area (Å²) in [7, 11) is 1.50. The Balaban J connectivity index is 2.26. The van der Waals surface area contributed by atoms with Crippen LogP contribution in [0, 0.1) is 0 Å². The smallest absolute Gasteiger partial charge is 0.172 e. The van der Waals surface area contributed by atoms with Crippen molar-refractivity contribution < 1.29 is 14.3 Å². The Kier molecular flexibility index (Phi) is 4.63. The fourth-order valence-electron chi connectivity index (χ4n) is 1.89. The van der Waals surface area contributed by atoms with E-state index < -0.39 is 0 Å². The van der Waals surface area contributed by atoms with Gasteiger partial charge in [-0.2, -0.15) is 0 Å². The van der Waals surface area contributed by atoms with Crippen LogP contribution in [0.1, 0.15) is 23.1 Å². The predicted molar refractivity (Wildman–Crippen MR) is 75.6 cm³/mol. The predicted octanol–water partition coefficient (Wildman–Crippen LogP) is 2.96. The van der Waals surface area contributed by atoms with Gasteiger partial charge in [-0.3, -0.25) is 4.79 Å². The SMILES string of the molecule is CCn1ccnc1COc1c(C=O)cc(Cl)cc1OC. The normalized spacial score (nSPS) is 10.3. The summed E-state index contributed by atoms with van der Waals surface area (Å²) in [6, 6.07) is 3.15. The highest BCUT2D eigenvalue weighted by Gasteiger charge is 2.13. The molecule has 1 heterocycles. The van der Waals surface area contributed by atoms with Gasteiger partial charge in [0.25, 0.3) is 0 Å². The minimum atomic E-state index is 0.250. The Morgan fingerprint density at radius 1 is 1.45 bits per heavy atom. The largest absolute Gasteiger partial charge is 0.493 e. The Morgan fingerprint density at radius 3 is 2.90 bits per heavy atom. The van der Waals surface area contributed by atoms with Crippen LogP contribution in [0.5, 0.6) is 11.5 Å². The molecule has 106 valence electrons. The van der Waals surface area contributed by atoms with Crippen LogP contribution in [0.25, 0.3) is 0 Å². The van der Waals surface area contributed by atoms with Crippen LogP contribution in [0.4, 0.5) is 0 Å². The Labute approximate surface area is 122 Å². The molecule has 0 radical (unpaired) electrons. The molecule has 0 N–H and O–H groups in total. The quantitative estimate of drug-likeness (QED) is 0.769. The molecule has 0 unspecified atom stereocenters. The summed E-state index contributed by atoms with van der Waals surface area (Å²) in [6.45, 7) is 3.07. The second-order valence-electron chi connectivity index (χ2n) is 4.06. The molecule has 0 saturated heterocycles. The van der Waals surface area contributed by atoms with E-state index in [0.717, 1.165) is 12.4 Å². The van der Waals surface area contributed by atoms with Crippen molar-refractivity contribution >= 4 is 17.9 Å². The summed E-state index contributed by atoms with van der Waals surface area (Å²) >= 11 is 5.92. The van der Waals surface area contributed by atoms with Gasteiger partial charge in [-0.1, -0.05) is 11.6 Å². The number of nitrogens with zero attached hydrogens (tertiary/aromatic N) is 2. The summed E-state index contributed by atoms with van der Waals surface area (Å²) in [4.78, 5) is 15.3. The van der Waals surface area contributed by atoms with Gasteiger partial charge < -0.3 is 14.0 Å². The van der Waals surface area contributed by atoms with Gasteiger partial charge in [0.05, 0.1) is 12.7 Å². The van der Waals surface area contributed by atoms with Crippen molar-refractivity contribution in [3.63, 3.8) is 0 Å². The monoisotopic (exact) mass is 294 g/mol. The van der Waals surface area contributed by atoms with E-state index in [9.17, 15) is 4.79 Å². The lowest BCUT2D eigenvalue weighted by Gasteiger charge is -2.13. The van der Waals surface area contributed by atoms with Crippen LogP contribution in [0.15, 0.2) is 24.5 Å². The lowest BCUT2D eigenvalue weighted by Crippen LogP contribution is -2.07. The number of methoxy groups -OCH3 is 1. The molecule has 20 heavy (non-hydrogen) atoms. The topological polar surface area (TPSA) is 53.4 Å². The first kappa shape index (κ1) is 14.4. The number of halogens is 1. The molecule has 0 fully saturated rings. The Bertz CT molecular complexity index is 610. The zero-order valence-corrected chi connectivity index (χ0v) is 12.1. The summed E-state index contributed by atoms with van der Waals surface area (Å²) in [5, 5.41) is 0.423. The minimum absolute atomic E-state index is 0.250. The van der Waals surface area contributed by atoms with Gasteiger partial charge in [-0.25, -0.2) is 4.98 Å². The maximum absolute atomic E-state index is 11.1. The van der Waals surface area contributed by atoms with E-state index in [1.54, 1.807) is 18.3 Å². The van der Waals surface area contributed by atoms with Crippen molar-refractivity contribution in [2.24, 2.45) is 0 Å². The van der Waals surface area contributed by atoms with Crippen LogP contribution >= 0.6 is 11.6 Å². The molecule has 0 aliphatic carbocycles. The molecule has 0 atom stereocenters. The zero-order valence-electron chi connectivity index (χ0n) is 11.3. The van der Waals surface area contributed by atoms with Gasteiger partial charge >= 0.3 is 0 Å². The number of aromatic nitrogens is 2. The summed E-state index contributed by atoms with van der Waals surface area (Å²) in [5.74, 6) is 1.58. The molecule has 5 nitrogen and oxygen atoms in total. The number of carbonyl (C=O) groups excluding carboxylic acids is 1.